The summed E-state index contributed by atoms with van der Waals surface area (Å²) in [5, 5.41) is 0. The van der Waals surface area contributed by atoms with Gasteiger partial charge in [0, 0.05) is 31.9 Å². The fraction of sp³-hybridized carbons (Fsp3) is 0.571. The number of piperazine rings is 1. The number of hydrogen-bond acceptors (Lipinski definition) is 3. The van der Waals surface area contributed by atoms with Crippen molar-refractivity contribution in [3.8, 4) is 0 Å². The van der Waals surface area contributed by atoms with Gasteiger partial charge in [-0.25, -0.2) is 4.39 Å². The van der Waals surface area contributed by atoms with Gasteiger partial charge >= 0.3 is 6.18 Å². The Morgan fingerprint density at radius 3 is 2.29 bits per heavy atom. The molecule has 1 heterocycles. The van der Waals surface area contributed by atoms with E-state index >= 15 is 0 Å². The van der Waals surface area contributed by atoms with Gasteiger partial charge in [0.2, 0.25) is 0 Å². The molecule has 1 aliphatic rings. The average molecular weight is 305 g/mol. The Hall–Kier alpha value is -1.34. The molecule has 0 bridgehead atoms. The van der Waals surface area contributed by atoms with Crippen LogP contribution in [0.4, 0.5) is 23.2 Å². The molecule has 0 aliphatic carbocycles. The number of rotatable bonds is 4. The molecule has 0 amide bonds. The number of anilines is 1. The number of nitrogens with two attached hydrogens (primary N) is 1. The topological polar surface area (TPSA) is 32.5 Å². The van der Waals surface area contributed by atoms with E-state index in [9.17, 15) is 17.6 Å². The molecular weight excluding hydrogens is 286 g/mol. The second-order valence-corrected chi connectivity index (χ2v) is 5.23. The molecule has 21 heavy (non-hydrogen) atoms. The molecule has 7 heteroatoms. The lowest BCUT2D eigenvalue weighted by Gasteiger charge is -2.36. The first-order valence-electron chi connectivity index (χ1n) is 6.91. The summed E-state index contributed by atoms with van der Waals surface area (Å²) in [5.41, 5.74) is 6.99. The Balaban J connectivity index is 1.98. The van der Waals surface area contributed by atoms with Crippen LogP contribution in [-0.4, -0.2) is 50.3 Å². The molecule has 0 radical (unpaired) electrons. The lowest BCUT2D eigenvalue weighted by atomic mass is 10.1. The van der Waals surface area contributed by atoms with Gasteiger partial charge in [0.1, 0.15) is 5.82 Å². The quantitative estimate of drug-likeness (QED) is 0.864. The normalized spacial score (nSPS) is 17.3. The molecular formula is C14H19F4N3. The van der Waals surface area contributed by atoms with Crippen molar-refractivity contribution in [3.05, 3.63) is 29.6 Å². The summed E-state index contributed by atoms with van der Waals surface area (Å²) in [6.45, 7) is 1.11. The second-order valence-electron chi connectivity index (χ2n) is 5.23. The highest BCUT2D eigenvalue weighted by Crippen LogP contribution is 2.22. The molecule has 1 saturated heterocycles. The third-order valence-electron chi connectivity index (χ3n) is 3.52. The largest absolute Gasteiger partial charge is 0.401 e. The first-order valence-corrected chi connectivity index (χ1v) is 6.91. The van der Waals surface area contributed by atoms with E-state index in [1.54, 1.807) is 0 Å². The summed E-state index contributed by atoms with van der Waals surface area (Å²) < 4.78 is 50.6. The number of alkyl halides is 3. The minimum absolute atomic E-state index is 0.322. The van der Waals surface area contributed by atoms with Crippen molar-refractivity contribution >= 4 is 5.69 Å². The van der Waals surface area contributed by atoms with Crippen LogP contribution in [-0.2, 0) is 6.42 Å². The predicted octanol–water partition coefficient (Wildman–Crippen LogP) is 2.01. The molecule has 0 aromatic heterocycles. The molecule has 0 saturated carbocycles. The summed E-state index contributed by atoms with van der Waals surface area (Å²) in [6, 6.07) is 4.71. The van der Waals surface area contributed by atoms with E-state index in [2.05, 4.69) is 0 Å². The highest BCUT2D eigenvalue weighted by molar-refractivity contribution is 5.49. The van der Waals surface area contributed by atoms with E-state index in [1.165, 1.54) is 17.0 Å². The van der Waals surface area contributed by atoms with Crippen LogP contribution in [0.25, 0.3) is 0 Å². The summed E-state index contributed by atoms with van der Waals surface area (Å²) in [7, 11) is 0. The molecule has 0 spiro atoms. The van der Waals surface area contributed by atoms with E-state index in [0.717, 1.165) is 5.56 Å². The smallest absolute Gasteiger partial charge is 0.369 e. The zero-order valence-electron chi connectivity index (χ0n) is 11.7. The minimum Gasteiger partial charge on any atom is -0.369 e. The van der Waals surface area contributed by atoms with Crippen LogP contribution in [0.5, 0.6) is 0 Å². The maximum absolute atomic E-state index is 13.6. The zero-order chi connectivity index (χ0) is 15.5. The van der Waals surface area contributed by atoms with Gasteiger partial charge in [-0.15, -0.1) is 0 Å². The van der Waals surface area contributed by atoms with E-state index in [1.807, 2.05) is 11.0 Å². The van der Waals surface area contributed by atoms with E-state index in [0.29, 0.717) is 44.8 Å². The summed E-state index contributed by atoms with van der Waals surface area (Å²) in [5.74, 6) is -0.339. The molecule has 1 fully saturated rings. The summed E-state index contributed by atoms with van der Waals surface area (Å²) in [6.07, 6.45) is -3.59. The molecule has 2 rings (SSSR count). The number of halogens is 4. The van der Waals surface area contributed by atoms with E-state index < -0.39 is 12.7 Å². The third-order valence-corrected chi connectivity index (χ3v) is 3.52. The average Bonchev–Trinajstić information content (AvgIpc) is 2.37. The Labute approximate surface area is 121 Å². The summed E-state index contributed by atoms with van der Waals surface area (Å²) >= 11 is 0. The lowest BCUT2D eigenvalue weighted by Crippen LogP contribution is -2.49. The molecule has 2 N–H and O–H groups in total. The van der Waals surface area contributed by atoms with Gasteiger partial charge in [-0.05, 0) is 36.7 Å². The fourth-order valence-electron chi connectivity index (χ4n) is 2.54. The first-order chi connectivity index (χ1) is 9.87. The molecule has 1 aromatic carbocycles. The Morgan fingerprint density at radius 1 is 1.05 bits per heavy atom. The van der Waals surface area contributed by atoms with Crippen molar-refractivity contribution in [1.29, 1.82) is 0 Å². The SMILES string of the molecule is NCCc1cc(F)cc(N2CCN(CC(F)(F)F)CC2)c1. The van der Waals surface area contributed by atoms with Crippen LogP contribution in [0.3, 0.4) is 0 Å². The van der Waals surface area contributed by atoms with Gasteiger partial charge in [-0.1, -0.05) is 0 Å². The van der Waals surface area contributed by atoms with Crippen molar-refractivity contribution < 1.29 is 17.6 Å². The van der Waals surface area contributed by atoms with Crippen LogP contribution in [0.15, 0.2) is 18.2 Å². The van der Waals surface area contributed by atoms with Crippen LogP contribution in [0.2, 0.25) is 0 Å². The highest BCUT2D eigenvalue weighted by Gasteiger charge is 2.32. The number of nitrogens with zero attached hydrogens (tertiary/aromatic N) is 2. The van der Waals surface area contributed by atoms with Crippen LogP contribution >= 0.6 is 0 Å². The van der Waals surface area contributed by atoms with E-state index in [4.69, 9.17) is 5.73 Å². The molecule has 3 nitrogen and oxygen atoms in total. The second kappa shape index (κ2) is 6.62. The van der Waals surface area contributed by atoms with Crippen molar-refractivity contribution in [3.63, 3.8) is 0 Å². The van der Waals surface area contributed by atoms with Gasteiger partial charge in [0.05, 0.1) is 6.54 Å². The van der Waals surface area contributed by atoms with Gasteiger partial charge in [0.15, 0.2) is 0 Å². The van der Waals surface area contributed by atoms with E-state index in [-0.39, 0.29) is 5.82 Å². The maximum atomic E-state index is 13.6. The Kier molecular flexibility index (Phi) is 5.05. The molecule has 0 unspecified atom stereocenters. The van der Waals surface area contributed by atoms with Crippen molar-refractivity contribution in [1.82, 2.24) is 4.90 Å². The predicted molar refractivity (Wildman–Crippen MR) is 73.9 cm³/mol. The third kappa shape index (κ3) is 4.86. The minimum atomic E-state index is -4.17. The van der Waals surface area contributed by atoms with Crippen LogP contribution in [0, 0.1) is 5.82 Å². The van der Waals surface area contributed by atoms with Crippen molar-refractivity contribution in [2.75, 3.05) is 44.2 Å². The molecule has 1 aromatic rings. The fourth-order valence-corrected chi connectivity index (χ4v) is 2.54. The molecule has 118 valence electrons. The number of hydrogen-bond donors (Lipinski definition) is 1. The van der Waals surface area contributed by atoms with Crippen molar-refractivity contribution in [2.45, 2.75) is 12.6 Å². The highest BCUT2D eigenvalue weighted by atomic mass is 19.4. The van der Waals surface area contributed by atoms with Crippen molar-refractivity contribution in [2.24, 2.45) is 5.73 Å². The zero-order valence-corrected chi connectivity index (χ0v) is 11.7. The lowest BCUT2D eigenvalue weighted by molar-refractivity contribution is -0.146. The van der Waals surface area contributed by atoms with Crippen LogP contribution in [0.1, 0.15) is 5.56 Å². The Morgan fingerprint density at radius 2 is 1.71 bits per heavy atom. The van der Waals surface area contributed by atoms with Gasteiger partial charge in [-0.2, -0.15) is 13.2 Å². The van der Waals surface area contributed by atoms with Gasteiger partial charge in [-0.3, -0.25) is 4.90 Å². The molecule has 1 aliphatic heterocycles. The molecule has 0 atom stereocenters. The number of benzene rings is 1. The van der Waals surface area contributed by atoms with Gasteiger partial charge in [0.25, 0.3) is 0 Å². The summed E-state index contributed by atoms with van der Waals surface area (Å²) in [4.78, 5) is 3.28. The monoisotopic (exact) mass is 305 g/mol. The standard InChI is InChI=1S/C14H19F4N3/c15-12-7-11(1-2-19)8-13(9-12)21-5-3-20(4-6-21)10-14(16,17)18/h7-9H,1-6,10,19H2. The van der Waals surface area contributed by atoms with Crippen LogP contribution < -0.4 is 10.6 Å². The van der Waals surface area contributed by atoms with Gasteiger partial charge < -0.3 is 10.6 Å². The Bertz CT molecular complexity index is 468. The first kappa shape index (κ1) is 16.0. The maximum Gasteiger partial charge on any atom is 0.401 e.